The standard InChI is InChI=1S/C16H23N3O2.2ClH/c17-16(6-2-3-7-16)15(21)19-10-12(14(20)11-19)9-13-5-1-4-8-18-13;;/h1,4-5,8,12,14,20H,2-3,6-7,9-11,17H2;2*1H/t12-,14-;;/m1../s1. The number of pyridine rings is 1. The molecule has 1 aromatic heterocycles. The van der Waals surface area contributed by atoms with Gasteiger partial charge in [-0.1, -0.05) is 18.9 Å². The van der Waals surface area contributed by atoms with E-state index in [0.717, 1.165) is 31.4 Å². The SMILES string of the molecule is Cl.Cl.NC1(C(=O)N2C[C@@H](Cc3ccccn3)[C@H](O)C2)CCCC1. The van der Waals surface area contributed by atoms with Crippen molar-refractivity contribution in [1.29, 1.82) is 0 Å². The molecular formula is C16H25Cl2N3O2. The number of aromatic nitrogens is 1. The van der Waals surface area contributed by atoms with Gasteiger partial charge in [0.1, 0.15) is 0 Å². The summed E-state index contributed by atoms with van der Waals surface area (Å²) in [4.78, 5) is 18.6. The van der Waals surface area contributed by atoms with Crippen LogP contribution in [0, 0.1) is 5.92 Å². The van der Waals surface area contributed by atoms with Crippen LogP contribution in [-0.4, -0.2) is 45.6 Å². The summed E-state index contributed by atoms with van der Waals surface area (Å²) in [5.41, 5.74) is 6.50. The van der Waals surface area contributed by atoms with Crippen LogP contribution >= 0.6 is 24.8 Å². The van der Waals surface area contributed by atoms with Crippen LogP contribution in [0.5, 0.6) is 0 Å². The molecule has 2 atom stereocenters. The van der Waals surface area contributed by atoms with E-state index in [4.69, 9.17) is 5.73 Å². The molecule has 0 radical (unpaired) electrons. The quantitative estimate of drug-likeness (QED) is 0.855. The van der Waals surface area contributed by atoms with Crippen LogP contribution in [0.15, 0.2) is 24.4 Å². The van der Waals surface area contributed by atoms with E-state index in [1.807, 2.05) is 18.2 Å². The zero-order valence-electron chi connectivity index (χ0n) is 13.1. The number of likely N-dealkylation sites (tertiary alicyclic amines) is 1. The third-order valence-electron chi connectivity index (χ3n) is 4.81. The van der Waals surface area contributed by atoms with Gasteiger partial charge in [0.25, 0.3) is 0 Å². The van der Waals surface area contributed by atoms with Gasteiger partial charge >= 0.3 is 0 Å². The molecule has 3 N–H and O–H groups in total. The van der Waals surface area contributed by atoms with E-state index in [0.29, 0.717) is 19.5 Å². The van der Waals surface area contributed by atoms with Crippen LogP contribution in [0.1, 0.15) is 31.4 Å². The van der Waals surface area contributed by atoms with Crippen molar-refractivity contribution in [3.63, 3.8) is 0 Å². The maximum Gasteiger partial charge on any atom is 0.242 e. The number of aliphatic hydroxyl groups is 1. The molecule has 0 spiro atoms. The number of amides is 1. The fraction of sp³-hybridized carbons (Fsp3) is 0.625. The Kier molecular flexibility index (Phi) is 7.27. The summed E-state index contributed by atoms with van der Waals surface area (Å²) in [6.45, 7) is 0.977. The lowest BCUT2D eigenvalue weighted by molar-refractivity contribution is -0.136. The number of aliphatic hydroxyl groups excluding tert-OH is 1. The summed E-state index contributed by atoms with van der Waals surface area (Å²) in [5, 5.41) is 10.2. The molecule has 0 aromatic carbocycles. The highest BCUT2D eigenvalue weighted by atomic mass is 35.5. The third kappa shape index (κ3) is 4.35. The number of nitrogens with two attached hydrogens (primary N) is 1. The van der Waals surface area contributed by atoms with Crippen molar-refractivity contribution < 1.29 is 9.90 Å². The summed E-state index contributed by atoms with van der Waals surface area (Å²) >= 11 is 0. The largest absolute Gasteiger partial charge is 0.391 e. The Bertz CT molecular complexity index is 509. The van der Waals surface area contributed by atoms with E-state index in [1.54, 1.807) is 11.1 Å². The Balaban J connectivity index is 0.00000132. The van der Waals surface area contributed by atoms with Crippen LogP contribution in [0.25, 0.3) is 0 Å². The maximum absolute atomic E-state index is 12.6. The van der Waals surface area contributed by atoms with E-state index in [2.05, 4.69) is 4.98 Å². The van der Waals surface area contributed by atoms with Crippen molar-refractivity contribution in [1.82, 2.24) is 9.88 Å². The van der Waals surface area contributed by atoms with Gasteiger partial charge in [-0.05, 0) is 31.4 Å². The molecule has 1 aliphatic carbocycles. The minimum atomic E-state index is -0.695. The first kappa shape index (κ1) is 20.2. The van der Waals surface area contributed by atoms with Crippen LogP contribution in [-0.2, 0) is 11.2 Å². The Hall–Kier alpha value is -0.880. The molecule has 23 heavy (non-hydrogen) atoms. The highest BCUT2D eigenvalue weighted by Gasteiger charge is 2.44. The van der Waals surface area contributed by atoms with E-state index < -0.39 is 11.6 Å². The van der Waals surface area contributed by atoms with E-state index in [1.165, 1.54) is 0 Å². The molecular weight excluding hydrogens is 337 g/mol. The molecule has 2 fully saturated rings. The lowest BCUT2D eigenvalue weighted by atomic mass is 9.97. The molecule has 130 valence electrons. The Morgan fingerprint density at radius 3 is 2.61 bits per heavy atom. The number of carbonyl (C=O) groups is 1. The molecule has 1 saturated heterocycles. The van der Waals surface area contributed by atoms with Crippen molar-refractivity contribution in [3.8, 4) is 0 Å². The highest BCUT2D eigenvalue weighted by Crippen LogP contribution is 2.31. The summed E-state index contributed by atoms with van der Waals surface area (Å²) in [6, 6.07) is 5.78. The Morgan fingerprint density at radius 2 is 2.00 bits per heavy atom. The van der Waals surface area contributed by atoms with Gasteiger partial charge in [0, 0.05) is 30.9 Å². The van der Waals surface area contributed by atoms with Crippen LogP contribution in [0.3, 0.4) is 0 Å². The molecule has 1 saturated carbocycles. The number of hydrogen-bond acceptors (Lipinski definition) is 4. The molecule has 1 aromatic rings. The summed E-state index contributed by atoms with van der Waals surface area (Å²) in [7, 11) is 0. The molecule has 0 bridgehead atoms. The van der Waals surface area contributed by atoms with E-state index in [9.17, 15) is 9.90 Å². The number of carbonyl (C=O) groups excluding carboxylic acids is 1. The number of β-amino-alcohol motifs (C(OH)–C–C–N with tert-alkyl or cyclic N) is 1. The van der Waals surface area contributed by atoms with Gasteiger partial charge in [0.2, 0.25) is 5.91 Å². The van der Waals surface area contributed by atoms with Gasteiger partial charge in [-0.15, -0.1) is 24.8 Å². The predicted molar refractivity (Wildman–Crippen MR) is 93.9 cm³/mol. The van der Waals surface area contributed by atoms with Crippen molar-refractivity contribution in [2.45, 2.75) is 43.7 Å². The number of rotatable bonds is 3. The van der Waals surface area contributed by atoms with Gasteiger partial charge in [0.15, 0.2) is 0 Å². The molecule has 0 unspecified atom stereocenters. The zero-order chi connectivity index (χ0) is 14.9. The Labute approximate surface area is 149 Å². The molecule has 2 aliphatic rings. The van der Waals surface area contributed by atoms with Crippen LogP contribution in [0.4, 0.5) is 0 Å². The molecule has 1 aliphatic heterocycles. The first-order valence-corrected chi connectivity index (χ1v) is 7.75. The first-order chi connectivity index (χ1) is 10.1. The predicted octanol–water partition coefficient (Wildman–Crippen LogP) is 1.56. The lowest BCUT2D eigenvalue weighted by Gasteiger charge is -2.28. The van der Waals surface area contributed by atoms with Crippen molar-refractivity contribution in [2.24, 2.45) is 11.7 Å². The summed E-state index contributed by atoms with van der Waals surface area (Å²) < 4.78 is 0. The number of nitrogens with zero attached hydrogens (tertiary/aromatic N) is 2. The second-order valence-electron chi connectivity index (χ2n) is 6.43. The van der Waals surface area contributed by atoms with Gasteiger partial charge < -0.3 is 15.7 Å². The molecule has 5 nitrogen and oxygen atoms in total. The van der Waals surface area contributed by atoms with Crippen LogP contribution in [0.2, 0.25) is 0 Å². The second kappa shape index (κ2) is 8.29. The fourth-order valence-electron chi connectivity index (χ4n) is 3.54. The average molecular weight is 362 g/mol. The monoisotopic (exact) mass is 361 g/mol. The van der Waals surface area contributed by atoms with Gasteiger partial charge in [-0.25, -0.2) is 0 Å². The van der Waals surface area contributed by atoms with Gasteiger partial charge in [-0.2, -0.15) is 0 Å². The minimum Gasteiger partial charge on any atom is -0.391 e. The topological polar surface area (TPSA) is 79.5 Å². The van der Waals surface area contributed by atoms with Crippen LogP contribution < -0.4 is 5.73 Å². The average Bonchev–Trinajstić information content (AvgIpc) is 3.07. The lowest BCUT2D eigenvalue weighted by Crippen LogP contribution is -2.53. The molecule has 2 heterocycles. The zero-order valence-corrected chi connectivity index (χ0v) is 14.7. The minimum absolute atomic E-state index is 0. The van der Waals surface area contributed by atoms with Gasteiger partial charge in [-0.3, -0.25) is 9.78 Å². The van der Waals surface area contributed by atoms with E-state index >= 15 is 0 Å². The van der Waals surface area contributed by atoms with Crippen molar-refractivity contribution >= 4 is 30.7 Å². The van der Waals surface area contributed by atoms with E-state index in [-0.39, 0.29) is 36.6 Å². The molecule has 7 heteroatoms. The summed E-state index contributed by atoms with van der Waals surface area (Å²) in [6.07, 6.45) is 5.55. The van der Waals surface area contributed by atoms with Crippen molar-refractivity contribution in [3.05, 3.63) is 30.1 Å². The fourth-order valence-corrected chi connectivity index (χ4v) is 3.54. The smallest absolute Gasteiger partial charge is 0.242 e. The molecule has 1 amide bonds. The maximum atomic E-state index is 12.6. The molecule has 3 rings (SSSR count). The Morgan fingerprint density at radius 1 is 1.30 bits per heavy atom. The van der Waals surface area contributed by atoms with Gasteiger partial charge in [0.05, 0.1) is 11.6 Å². The number of halogens is 2. The highest BCUT2D eigenvalue weighted by molar-refractivity contribution is 5.86. The normalized spacial score (nSPS) is 25.6. The van der Waals surface area contributed by atoms with Crippen molar-refractivity contribution in [2.75, 3.05) is 13.1 Å². The number of hydrogen-bond donors (Lipinski definition) is 2. The summed E-state index contributed by atoms with van der Waals surface area (Å²) in [5.74, 6) is 0.0661. The second-order valence-corrected chi connectivity index (χ2v) is 6.43. The third-order valence-corrected chi connectivity index (χ3v) is 4.81. The first-order valence-electron chi connectivity index (χ1n) is 7.75.